The SMILES string of the molecule is COc1ccc(NS(=O)(=O)c2cc(NC(=O)CCN3CCCC3=O)ccc2C)cc1. The topological polar surface area (TPSA) is 105 Å². The molecule has 1 aliphatic heterocycles. The Kier molecular flexibility index (Phi) is 6.61. The van der Waals surface area contributed by atoms with Crippen LogP contribution >= 0.6 is 0 Å². The monoisotopic (exact) mass is 431 g/mol. The Morgan fingerprint density at radius 3 is 2.47 bits per heavy atom. The molecule has 1 saturated heterocycles. The number of benzene rings is 2. The third-order valence-corrected chi connectivity index (χ3v) is 6.41. The fourth-order valence-electron chi connectivity index (χ4n) is 3.24. The van der Waals surface area contributed by atoms with Crippen molar-refractivity contribution in [1.29, 1.82) is 0 Å². The Balaban J connectivity index is 1.68. The molecule has 0 unspecified atom stereocenters. The maximum atomic E-state index is 12.9. The summed E-state index contributed by atoms with van der Waals surface area (Å²) in [6, 6.07) is 11.3. The van der Waals surface area contributed by atoms with Gasteiger partial charge in [-0.05, 0) is 55.3 Å². The van der Waals surface area contributed by atoms with Gasteiger partial charge in [-0.15, -0.1) is 0 Å². The summed E-state index contributed by atoms with van der Waals surface area (Å²) in [5, 5.41) is 2.71. The number of ether oxygens (including phenoxy) is 1. The summed E-state index contributed by atoms with van der Waals surface area (Å²) >= 11 is 0. The van der Waals surface area contributed by atoms with Gasteiger partial charge in [0, 0.05) is 37.3 Å². The zero-order valence-corrected chi connectivity index (χ0v) is 17.8. The number of hydrogen-bond acceptors (Lipinski definition) is 5. The largest absolute Gasteiger partial charge is 0.497 e. The van der Waals surface area contributed by atoms with Crippen molar-refractivity contribution in [3.63, 3.8) is 0 Å². The molecule has 3 rings (SSSR count). The normalized spacial score (nSPS) is 13.9. The van der Waals surface area contributed by atoms with Crippen LogP contribution in [0.5, 0.6) is 5.75 Å². The van der Waals surface area contributed by atoms with E-state index in [2.05, 4.69) is 10.0 Å². The number of rotatable bonds is 8. The van der Waals surface area contributed by atoms with Crippen LogP contribution in [0.15, 0.2) is 47.4 Å². The maximum Gasteiger partial charge on any atom is 0.262 e. The highest BCUT2D eigenvalue weighted by molar-refractivity contribution is 7.92. The van der Waals surface area contributed by atoms with Gasteiger partial charge < -0.3 is 15.0 Å². The van der Waals surface area contributed by atoms with E-state index < -0.39 is 10.0 Å². The van der Waals surface area contributed by atoms with Gasteiger partial charge in [-0.3, -0.25) is 14.3 Å². The molecule has 2 N–H and O–H groups in total. The van der Waals surface area contributed by atoms with Crippen molar-refractivity contribution in [2.24, 2.45) is 0 Å². The number of hydrogen-bond donors (Lipinski definition) is 2. The molecular formula is C21H25N3O5S. The lowest BCUT2D eigenvalue weighted by molar-refractivity contribution is -0.128. The number of likely N-dealkylation sites (tertiary alicyclic amines) is 1. The lowest BCUT2D eigenvalue weighted by Gasteiger charge is -2.15. The van der Waals surface area contributed by atoms with Gasteiger partial charge in [0.25, 0.3) is 10.0 Å². The van der Waals surface area contributed by atoms with Crippen LogP contribution in [0.4, 0.5) is 11.4 Å². The number of carbonyl (C=O) groups is 2. The zero-order chi connectivity index (χ0) is 21.7. The summed E-state index contributed by atoms with van der Waals surface area (Å²) in [6.45, 7) is 2.73. The molecule has 1 heterocycles. The second kappa shape index (κ2) is 9.17. The van der Waals surface area contributed by atoms with Gasteiger partial charge >= 0.3 is 0 Å². The van der Waals surface area contributed by atoms with E-state index in [-0.39, 0.29) is 23.1 Å². The van der Waals surface area contributed by atoms with Gasteiger partial charge in [0.05, 0.1) is 12.0 Å². The van der Waals surface area contributed by atoms with Crippen LogP contribution in [-0.2, 0) is 19.6 Å². The Labute approximate surface area is 176 Å². The molecule has 2 amide bonds. The van der Waals surface area contributed by atoms with Crippen molar-refractivity contribution < 1.29 is 22.7 Å². The number of nitrogens with zero attached hydrogens (tertiary/aromatic N) is 1. The summed E-state index contributed by atoms with van der Waals surface area (Å²) in [7, 11) is -2.32. The molecule has 0 aliphatic carbocycles. The van der Waals surface area contributed by atoms with Crippen LogP contribution in [0.1, 0.15) is 24.8 Å². The minimum Gasteiger partial charge on any atom is -0.497 e. The van der Waals surface area contributed by atoms with Gasteiger partial charge in [-0.1, -0.05) is 6.07 Å². The average molecular weight is 432 g/mol. The first-order chi connectivity index (χ1) is 14.3. The van der Waals surface area contributed by atoms with Gasteiger partial charge in [-0.2, -0.15) is 0 Å². The lowest BCUT2D eigenvalue weighted by atomic mass is 10.2. The number of sulfonamides is 1. The molecule has 1 aliphatic rings. The molecule has 9 heteroatoms. The average Bonchev–Trinajstić information content (AvgIpc) is 3.13. The Morgan fingerprint density at radius 1 is 1.13 bits per heavy atom. The number of anilines is 2. The zero-order valence-electron chi connectivity index (χ0n) is 17.0. The van der Waals surface area contributed by atoms with Gasteiger partial charge in [0.2, 0.25) is 11.8 Å². The second-order valence-corrected chi connectivity index (χ2v) is 8.75. The van der Waals surface area contributed by atoms with Gasteiger partial charge in [0.1, 0.15) is 5.75 Å². The highest BCUT2D eigenvalue weighted by atomic mass is 32.2. The molecule has 2 aromatic carbocycles. The molecule has 0 atom stereocenters. The Morgan fingerprint density at radius 2 is 1.83 bits per heavy atom. The minimum atomic E-state index is -3.85. The molecule has 1 fully saturated rings. The van der Waals surface area contributed by atoms with Gasteiger partial charge in [-0.25, -0.2) is 8.42 Å². The number of carbonyl (C=O) groups excluding carboxylic acids is 2. The summed E-state index contributed by atoms with van der Waals surface area (Å²) in [5.41, 5.74) is 1.34. The number of aryl methyl sites for hydroxylation is 1. The predicted molar refractivity (Wildman–Crippen MR) is 114 cm³/mol. The third kappa shape index (κ3) is 5.29. The van der Waals surface area contributed by atoms with E-state index >= 15 is 0 Å². The van der Waals surface area contributed by atoms with Crippen molar-refractivity contribution >= 4 is 33.2 Å². The minimum absolute atomic E-state index is 0.0659. The molecule has 0 aromatic heterocycles. The Bertz CT molecular complexity index is 1040. The number of methoxy groups -OCH3 is 1. The molecule has 0 radical (unpaired) electrons. The lowest BCUT2D eigenvalue weighted by Crippen LogP contribution is -2.28. The van der Waals surface area contributed by atoms with Crippen LogP contribution in [0.3, 0.4) is 0 Å². The maximum absolute atomic E-state index is 12.9. The smallest absolute Gasteiger partial charge is 0.262 e. The van der Waals surface area contributed by atoms with Crippen molar-refractivity contribution in [2.75, 3.05) is 30.2 Å². The van der Waals surface area contributed by atoms with E-state index in [9.17, 15) is 18.0 Å². The van der Waals surface area contributed by atoms with Crippen molar-refractivity contribution in [1.82, 2.24) is 4.90 Å². The summed E-state index contributed by atoms with van der Waals surface area (Å²) in [6.07, 6.45) is 1.51. The van der Waals surface area contributed by atoms with Crippen LogP contribution in [-0.4, -0.2) is 45.3 Å². The third-order valence-electron chi connectivity index (χ3n) is 4.88. The predicted octanol–water partition coefficient (Wildman–Crippen LogP) is 2.76. The highest BCUT2D eigenvalue weighted by Crippen LogP contribution is 2.24. The van der Waals surface area contributed by atoms with Crippen LogP contribution < -0.4 is 14.8 Å². The van der Waals surface area contributed by atoms with E-state index in [0.717, 1.165) is 6.42 Å². The number of amides is 2. The van der Waals surface area contributed by atoms with Crippen molar-refractivity contribution in [2.45, 2.75) is 31.1 Å². The molecule has 0 bridgehead atoms. The molecule has 30 heavy (non-hydrogen) atoms. The highest BCUT2D eigenvalue weighted by Gasteiger charge is 2.21. The van der Waals surface area contributed by atoms with E-state index in [4.69, 9.17) is 4.74 Å². The number of nitrogens with one attached hydrogen (secondary N) is 2. The molecule has 8 nitrogen and oxygen atoms in total. The molecular weight excluding hydrogens is 406 g/mol. The standard InChI is InChI=1S/C21H25N3O5S/c1-15-5-6-17(22-20(25)11-13-24-12-3-4-21(24)26)14-19(15)30(27,28)23-16-7-9-18(29-2)10-8-16/h5-10,14,23H,3-4,11-13H2,1-2H3,(H,22,25). The second-order valence-electron chi connectivity index (χ2n) is 7.10. The molecule has 160 valence electrons. The first-order valence-corrected chi connectivity index (χ1v) is 11.1. The van der Waals surface area contributed by atoms with E-state index in [1.807, 2.05) is 0 Å². The van der Waals surface area contributed by atoms with E-state index in [1.165, 1.54) is 13.2 Å². The van der Waals surface area contributed by atoms with E-state index in [0.29, 0.717) is 42.2 Å². The molecule has 0 spiro atoms. The van der Waals surface area contributed by atoms with Gasteiger partial charge in [0.15, 0.2) is 0 Å². The summed E-state index contributed by atoms with van der Waals surface area (Å²) < 4.78 is 33.3. The van der Waals surface area contributed by atoms with Crippen LogP contribution in [0.25, 0.3) is 0 Å². The Hall–Kier alpha value is -3.07. The fourth-order valence-corrected chi connectivity index (χ4v) is 4.57. The molecule has 0 saturated carbocycles. The quantitative estimate of drug-likeness (QED) is 0.669. The fraction of sp³-hybridized carbons (Fsp3) is 0.333. The van der Waals surface area contributed by atoms with E-state index in [1.54, 1.807) is 48.2 Å². The summed E-state index contributed by atoms with van der Waals surface area (Å²) in [4.78, 5) is 25.6. The van der Waals surface area contributed by atoms with Crippen LogP contribution in [0.2, 0.25) is 0 Å². The van der Waals surface area contributed by atoms with Crippen molar-refractivity contribution in [3.05, 3.63) is 48.0 Å². The first-order valence-electron chi connectivity index (χ1n) is 9.63. The summed E-state index contributed by atoms with van der Waals surface area (Å²) in [5.74, 6) is 0.413. The first kappa shape index (κ1) is 21.6. The molecule has 2 aromatic rings. The van der Waals surface area contributed by atoms with Crippen molar-refractivity contribution in [3.8, 4) is 5.75 Å². The van der Waals surface area contributed by atoms with Crippen LogP contribution in [0, 0.1) is 6.92 Å².